The van der Waals surface area contributed by atoms with E-state index in [1.54, 1.807) is 18.4 Å². The predicted molar refractivity (Wildman–Crippen MR) is 94.8 cm³/mol. The standard InChI is InChI=1S/C19H25N3O3/c23-17(18-7-4-12-25-18)14-21-8-10-22(11-9-21)15-19(24)20-13-16-5-2-1-3-6-16/h1-7,12,17,23H,8-11,13-15H2,(H,20,24)/t17-/m0/s1. The van der Waals surface area contributed by atoms with Crippen LogP contribution in [0.2, 0.25) is 0 Å². The quantitative estimate of drug-likeness (QED) is 0.792. The first-order valence-corrected chi connectivity index (χ1v) is 8.67. The minimum Gasteiger partial charge on any atom is -0.467 e. The molecule has 134 valence electrons. The number of furan rings is 1. The number of hydrogen-bond acceptors (Lipinski definition) is 5. The molecule has 0 bridgehead atoms. The van der Waals surface area contributed by atoms with E-state index in [4.69, 9.17) is 4.42 Å². The van der Waals surface area contributed by atoms with Crippen LogP contribution < -0.4 is 5.32 Å². The Balaban J connectivity index is 1.35. The Morgan fingerprint density at radius 1 is 1.08 bits per heavy atom. The van der Waals surface area contributed by atoms with Crippen LogP contribution in [0, 0.1) is 0 Å². The van der Waals surface area contributed by atoms with Gasteiger partial charge in [0, 0.05) is 39.3 Å². The van der Waals surface area contributed by atoms with Crippen LogP contribution in [0.4, 0.5) is 0 Å². The van der Waals surface area contributed by atoms with Crippen molar-refractivity contribution >= 4 is 5.91 Å². The zero-order valence-corrected chi connectivity index (χ0v) is 14.3. The van der Waals surface area contributed by atoms with Crippen molar-refractivity contribution in [1.82, 2.24) is 15.1 Å². The second kappa shape index (κ2) is 8.80. The molecular weight excluding hydrogens is 318 g/mol. The minimum absolute atomic E-state index is 0.0490. The summed E-state index contributed by atoms with van der Waals surface area (Å²) in [5, 5.41) is 13.1. The molecule has 2 N–H and O–H groups in total. The van der Waals surface area contributed by atoms with Gasteiger partial charge in [-0.1, -0.05) is 30.3 Å². The molecule has 0 aliphatic carbocycles. The third-order valence-electron chi connectivity index (χ3n) is 4.47. The lowest BCUT2D eigenvalue weighted by atomic mass is 10.2. The largest absolute Gasteiger partial charge is 0.467 e. The first kappa shape index (κ1) is 17.7. The first-order chi connectivity index (χ1) is 12.2. The number of aliphatic hydroxyl groups excluding tert-OH is 1. The molecule has 0 saturated carbocycles. The van der Waals surface area contributed by atoms with Gasteiger partial charge in [0.05, 0.1) is 12.8 Å². The van der Waals surface area contributed by atoms with Gasteiger partial charge in [-0.3, -0.25) is 14.6 Å². The Bertz CT molecular complexity index is 637. The molecule has 6 nitrogen and oxygen atoms in total. The first-order valence-electron chi connectivity index (χ1n) is 8.67. The van der Waals surface area contributed by atoms with Gasteiger partial charge >= 0.3 is 0 Å². The SMILES string of the molecule is O=C(CN1CCN(C[C@H](O)c2ccco2)CC1)NCc1ccccc1. The van der Waals surface area contributed by atoms with Gasteiger partial charge in [-0.25, -0.2) is 0 Å². The van der Waals surface area contributed by atoms with Crippen LogP contribution >= 0.6 is 0 Å². The van der Waals surface area contributed by atoms with Crippen LogP contribution in [0.5, 0.6) is 0 Å². The maximum atomic E-state index is 12.1. The number of carbonyl (C=O) groups excluding carboxylic acids is 1. The fraction of sp³-hybridized carbons (Fsp3) is 0.421. The molecule has 1 amide bonds. The number of nitrogens with zero attached hydrogens (tertiary/aromatic N) is 2. The maximum absolute atomic E-state index is 12.1. The summed E-state index contributed by atoms with van der Waals surface area (Å²) in [6.45, 7) is 4.86. The number of carbonyl (C=O) groups is 1. The van der Waals surface area contributed by atoms with Crippen molar-refractivity contribution in [3.8, 4) is 0 Å². The van der Waals surface area contributed by atoms with Gasteiger partial charge < -0.3 is 14.8 Å². The predicted octanol–water partition coefficient (Wildman–Crippen LogP) is 1.25. The Morgan fingerprint density at radius 2 is 1.80 bits per heavy atom. The molecule has 1 saturated heterocycles. The van der Waals surface area contributed by atoms with Crippen molar-refractivity contribution in [2.24, 2.45) is 0 Å². The van der Waals surface area contributed by atoms with E-state index >= 15 is 0 Å². The fourth-order valence-corrected chi connectivity index (χ4v) is 3.00. The molecule has 2 heterocycles. The maximum Gasteiger partial charge on any atom is 0.234 e. The monoisotopic (exact) mass is 343 g/mol. The average molecular weight is 343 g/mol. The lowest BCUT2D eigenvalue weighted by molar-refractivity contribution is -0.122. The van der Waals surface area contributed by atoms with Crippen molar-refractivity contribution in [3.63, 3.8) is 0 Å². The van der Waals surface area contributed by atoms with Gasteiger partial charge in [0.15, 0.2) is 0 Å². The van der Waals surface area contributed by atoms with Crippen molar-refractivity contribution in [2.75, 3.05) is 39.3 Å². The van der Waals surface area contributed by atoms with E-state index < -0.39 is 6.10 Å². The van der Waals surface area contributed by atoms with Gasteiger partial charge in [-0.15, -0.1) is 0 Å². The highest BCUT2D eigenvalue weighted by Gasteiger charge is 2.22. The van der Waals surface area contributed by atoms with E-state index in [2.05, 4.69) is 15.1 Å². The summed E-state index contributed by atoms with van der Waals surface area (Å²) >= 11 is 0. The summed E-state index contributed by atoms with van der Waals surface area (Å²) in [7, 11) is 0. The number of aliphatic hydroxyl groups is 1. The number of rotatable bonds is 7. The molecule has 1 aliphatic rings. The van der Waals surface area contributed by atoms with Crippen LogP contribution in [0.3, 0.4) is 0 Å². The van der Waals surface area contributed by atoms with Crippen LogP contribution in [-0.4, -0.2) is 60.1 Å². The average Bonchev–Trinajstić information content (AvgIpc) is 3.17. The van der Waals surface area contributed by atoms with Crippen LogP contribution in [0.1, 0.15) is 17.4 Å². The zero-order chi connectivity index (χ0) is 17.5. The summed E-state index contributed by atoms with van der Waals surface area (Å²) < 4.78 is 5.23. The van der Waals surface area contributed by atoms with E-state index in [1.807, 2.05) is 30.3 Å². The smallest absolute Gasteiger partial charge is 0.234 e. The Labute approximate surface area is 148 Å². The molecule has 0 radical (unpaired) electrons. The second-order valence-electron chi connectivity index (χ2n) is 6.37. The number of β-amino-alcohol motifs (C(OH)–C–C–N with tert-alkyl or cyclic N) is 1. The highest BCUT2D eigenvalue weighted by Crippen LogP contribution is 2.15. The lowest BCUT2D eigenvalue weighted by Crippen LogP contribution is -2.50. The number of nitrogens with one attached hydrogen (secondary N) is 1. The van der Waals surface area contributed by atoms with Gasteiger partial charge in [-0.2, -0.15) is 0 Å². The van der Waals surface area contributed by atoms with Gasteiger partial charge in [0.2, 0.25) is 5.91 Å². The van der Waals surface area contributed by atoms with E-state index in [0.717, 1.165) is 31.7 Å². The van der Waals surface area contributed by atoms with Crippen LogP contribution in [0.25, 0.3) is 0 Å². The van der Waals surface area contributed by atoms with Crippen molar-refractivity contribution < 1.29 is 14.3 Å². The molecule has 2 aromatic rings. The normalized spacial score (nSPS) is 17.3. The molecule has 1 fully saturated rings. The Hall–Kier alpha value is -2.15. The van der Waals surface area contributed by atoms with E-state index in [1.165, 1.54) is 0 Å². The molecule has 6 heteroatoms. The molecule has 1 aliphatic heterocycles. The van der Waals surface area contributed by atoms with Crippen molar-refractivity contribution in [3.05, 3.63) is 60.1 Å². The molecule has 0 unspecified atom stereocenters. The fourth-order valence-electron chi connectivity index (χ4n) is 3.00. The summed E-state index contributed by atoms with van der Waals surface area (Å²) in [5.74, 6) is 0.649. The van der Waals surface area contributed by atoms with E-state index in [-0.39, 0.29) is 5.91 Å². The summed E-state index contributed by atoms with van der Waals surface area (Å²) in [6, 6.07) is 13.5. The van der Waals surface area contributed by atoms with Crippen molar-refractivity contribution in [2.45, 2.75) is 12.6 Å². The Morgan fingerprint density at radius 3 is 2.48 bits per heavy atom. The molecule has 0 spiro atoms. The summed E-state index contributed by atoms with van der Waals surface area (Å²) in [5.41, 5.74) is 1.10. The van der Waals surface area contributed by atoms with E-state index in [9.17, 15) is 9.90 Å². The number of piperazine rings is 1. The third-order valence-corrected chi connectivity index (χ3v) is 4.47. The molecular formula is C19H25N3O3. The molecule has 3 rings (SSSR count). The van der Waals surface area contributed by atoms with Crippen LogP contribution in [0.15, 0.2) is 53.1 Å². The highest BCUT2D eigenvalue weighted by molar-refractivity contribution is 5.78. The third kappa shape index (κ3) is 5.42. The Kier molecular flexibility index (Phi) is 6.22. The zero-order valence-electron chi connectivity index (χ0n) is 14.3. The van der Waals surface area contributed by atoms with Crippen LogP contribution in [-0.2, 0) is 11.3 Å². The van der Waals surface area contributed by atoms with Crippen molar-refractivity contribution in [1.29, 1.82) is 0 Å². The lowest BCUT2D eigenvalue weighted by Gasteiger charge is -2.34. The molecule has 1 atom stereocenters. The summed E-state index contributed by atoms with van der Waals surface area (Å²) in [4.78, 5) is 16.4. The molecule has 25 heavy (non-hydrogen) atoms. The van der Waals surface area contributed by atoms with E-state index in [0.29, 0.717) is 25.4 Å². The van der Waals surface area contributed by atoms with Gasteiger partial charge in [-0.05, 0) is 17.7 Å². The van der Waals surface area contributed by atoms with Gasteiger partial charge in [0.1, 0.15) is 11.9 Å². The minimum atomic E-state index is -0.601. The number of hydrogen-bond donors (Lipinski definition) is 2. The molecule has 1 aromatic heterocycles. The van der Waals surface area contributed by atoms with Gasteiger partial charge in [0.25, 0.3) is 0 Å². The summed E-state index contributed by atoms with van der Waals surface area (Å²) in [6.07, 6.45) is 0.973. The highest BCUT2D eigenvalue weighted by atomic mass is 16.4. The number of benzene rings is 1. The topological polar surface area (TPSA) is 69.0 Å². The number of amides is 1. The second-order valence-corrected chi connectivity index (χ2v) is 6.37. The molecule has 1 aromatic carbocycles.